The first kappa shape index (κ1) is 12.6. The molecule has 1 aromatic rings. The molecule has 1 heteroatoms. The molecule has 17 heavy (non-hydrogen) atoms. The zero-order valence-electron chi connectivity index (χ0n) is 11.2. The minimum Gasteiger partial charge on any atom is -0.314 e. The monoisotopic (exact) mass is 231 g/mol. The molecule has 0 saturated heterocycles. The Bertz CT molecular complexity index is 343. The Labute approximate surface area is 106 Å². The molecule has 0 aliphatic heterocycles. The van der Waals surface area contributed by atoms with E-state index >= 15 is 0 Å². The van der Waals surface area contributed by atoms with Crippen LogP contribution in [0.3, 0.4) is 0 Å². The van der Waals surface area contributed by atoms with Crippen LogP contribution in [0.1, 0.15) is 43.7 Å². The van der Waals surface area contributed by atoms with E-state index in [4.69, 9.17) is 0 Å². The Kier molecular flexibility index (Phi) is 4.61. The largest absolute Gasteiger partial charge is 0.314 e. The molecule has 1 nitrogen and oxygen atoms in total. The maximum absolute atomic E-state index is 3.67. The quantitative estimate of drug-likeness (QED) is 0.833. The fourth-order valence-electron chi connectivity index (χ4n) is 3.10. The second-order valence-corrected chi connectivity index (χ2v) is 5.34. The predicted molar refractivity (Wildman–Crippen MR) is 74.3 cm³/mol. The smallest absolute Gasteiger partial charge is 0.00983 e. The highest BCUT2D eigenvalue weighted by Gasteiger charge is 2.24. The lowest BCUT2D eigenvalue weighted by Crippen LogP contribution is -2.39. The molecule has 1 N–H and O–H groups in total. The van der Waals surface area contributed by atoms with Gasteiger partial charge in [0.15, 0.2) is 0 Å². The first-order valence-corrected chi connectivity index (χ1v) is 7.09. The van der Waals surface area contributed by atoms with Crippen LogP contribution in [0.15, 0.2) is 24.3 Å². The predicted octanol–water partition coefficient (Wildman–Crippen LogP) is 3.71. The van der Waals surface area contributed by atoms with Crippen LogP contribution in [0.5, 0.6) is 0 Å². The number of hydrogen-bond acceptors (Lipinski definition) is 1. The van der Waals surface area contributed by atoms with E-state index in [0.717, 1.165) is 18.5 Å². The summed E-state index contributed by atoms with van der Waals surface area (Å²) in [7, 11) is 0. The van der Waals surface area contributed by atoms with E-state index in [1.807, 2.05) is 0 Å². The summed E-state index contributed by atoms with van der Waals surface area (Å²) in [6.07, 6.45) is 6.83. The summed E-state index contributed by atoms with van der Waals surface area (Å²) in [6, 6.07) is 9.59. The molecular formula is C16H25N. The lowest BCUT2D eigenvalue weighted by molar-refractivity contribution is 0.264. The molecule has 1 fully saturated rings. The Hall–Kier alpha value is -0.820. The van der Waals surface area contributed by atoms with Crippen LogP contribution < -0.4 is 5.32 Å². The van der Waals surface area contributed by atoms with Crippen molar-refractivity contribution in [2.45, 2.75) is 52.0 Å². The number of nitrogens with one attached hydrogen (secondary N) is 1. The number of benzene rings is 1. The molecule has 2 atom stereocenters. The van der Waals surface area contributed by atoms with Crippen molar-refractivity contribution >= 4 is 0 Å². The fraction of sp³-hybridized carbons (Fsp3) is 0.625. The lowest BCUT2D eigenvalue weighted by Gasteiger charge is -2.32. The van der Waals surface area contributed by atoms with Gasteiger partial charge >= 0.3 is 0 Å². The molecule has 2 rings (SSSR count). The van der Waals surface area contributed by atoms with E-state index in [1.54, 1.807) is 5.56 Å². The van der Waals surface area contributed by atoms with Gasteiger partial charge in [-0.2, -0.15) is 0 Å². The molecule has 0 aromatic heterocycles. The molecule has 1 aliphatic rings. The third-order valence-electron chi connectivity index (χ3n) is 4.12. The van der Waals surface area contributed by atoms with Gasteiger partial charge in [-0.1, -0.05) is 44.0 Å². The minimum atomic E-state index is 0.744. The van der Waals surface area contributed by atoms with Crippen molar-refractivity contribution in [3.63, 3.8) is 0 Å². The van der Waals surface area contributed by atoms with Crippen LogP contribution in [-0.4, -0.2) is 12.6 Å². The van der Waals surface area contributed by atoms with E-state index in [-0.39, 0.29) is 0 Å². The number of rotatable bonds is 4. The van der Waals surface area contributed by atoms with E-state index in [0.29, 0.717) is 0 Å². The van der Waals surface area contributed by atoms with Gasteiger partial charge in [-0.05, 0) is 49.8 Å². The summed E-state index contributed by atoms with van der Waals surface area (Å²) in [5.74, 6) is 0.838. The maximum atomic E-state index is 3.67. The molecule has 1 aromatic carbocycles. The van der Waals surface area contributed by atoms with Crippen molar-refractivity contribution in [1.29, 1.82) is 0 Å². The first-order valence-electron chi connectivity index (χ1n) is 7.09. The highest BCUT2D eigenvalue weighted by atomic mass is 14.9. The maximum Gasteiger partial charge on any atom is 0.00983 e. The van der Waals surface area contributed by atoms with Crippen LogP contribution in [0.4, 0.5) is 0 Å². The third kappa shape index (κ3) is 3.32. The van der Waals surface area contributed by atoms with Gasteiger partial charge in [0.25, 0.3) is 0 Å². The summed E-state index contributed by atoms with van der Waals surface area (Å²) < 4.78 is 0. The molecular weight excluding hydrogens is 206 g/mol. The van der Waals surface area contributed by atoms with Gasteiger partial charge in [0.1, 0.15) is 0 Å². The first-order chi connectivity index (χ1) is 8.31. The minimum absolute atomic E-state index is 0.744. The molecule has 0 heterocycles. The van der Waals surface area contributed by atoms with Gasteiger partial charge in [0.2, 0.25) is 0 Å². The van der Waals surface area contributed by atoms with Gasteiger partial charge in [-0.15, -0.1) is 0 Å². The normalized spacial score (nSPS) is 24.8. The molecule has 0 amide bonds. The third-order valence-corrected chi connectivity index (χ3v) is 4.12. The van der Waals surface area contributed by atoms with Crippen LogP contribution in [0.25, 0.3) is 0 Å². The zero-order valence-corrected chi connectivity index (χ0v) is 11.2. The Balaban J connectivity index is 2.03. The van der Waals surface area contributed by atoms with E-state index in [9.17, 15) is 0 Å². The highest BCUT2D eigenvalue weighted by Crippen LogP contribution is 2.28. The second kappa shape index (κ2) is 6.20. The summed E-state index contributed by atoms with van der Waals surface area (Å²) in [4.78, 5) is 0. The zero-order chi connectivity index (χ0) is 12.1. The van der Waals surface area contributed by atoms with Crippen LogP contribution in [0, 0.1) is 12.8 Å². The van der Waals surface area contributed by atoms with E-state index in [2.05, 4.69) is 43.4 Å². The van der Waals surface area contributed by atoms with Crippen molar-refractivity contribution in [2.24, 2.45) is 5.92 Å². The summed E-state index contributed by atoms with van der Waals surface area (Å²) in [5.41, 5.74) is 3.00. The van der Waals surface area contributed by atoms with Crippen LogP contribution in [0.2, 0.25) is 0 Å². The van der Waals surface area contributed by atoms with Gasteiger partial charge in [0, 0.05) is 6.04 Å². The number of hydrogen-bond donors (Lipinski definition) is 1. The second-order valence-electron chi connectivity index (χ2n) is 5.34. The van der Waals surface area contributed by atoms with Gasteiger partial charge in [-0.25, -0.2) is 0 Å². The molecule has 0 spiro atoms. The average molecular weight is 231 g/mol. The van der Waals surface area contributed by atoms with Crippen molar-refractivity contribution in [2.75, 3.05) is 6.54 Å². The molecule has 0 bridgehead atoms. The van der Waals surface area contributed by atoms with Crippen molar-refractivity contribution in [1.82, 2.24) is 5.32 Å². The van der Waals surface area contributed by atoms with E-state index < -0.39 is 0 Å². The topological polar surface area (TPSA) is 12.0 Å². The van der Waals surface area contributed by atoms with Crippen molar-refractivity contribution < 1.29 is 0 Å². The van der Waals surface area contributed by atoms with E-state index in [1.165, 1.54) is 37.7 Å². The molecule has 2 unspecified atom stereocenters. The average Bonchev–Trinajstić information content (AvgIpc) is 2.35. The fourth-order valence-corrected chi connectivity index (χ4v) is 3.10. The summed E-state index contributed by atoms with van der Waals surface area (Å²) in [6.45, 7) is 5.56. The van der Waals surface area contributed by atoms with Crippen LogP contribution >= 0.6 is 0 Å². The van der Waals surface area contributed by atoms with Crippen LogP contribution in [-0.2, 0) is 6.42 Å². The lowest BCUT2D eigenvalue weighted by atomic mass is 9.80. The molecule has 94 valence electrons. The highest BCUT2D eigenvalue weighted by molar-refractivity contribution is 5.26. The molecule has 1 aliphatic carbocycles. The Morgan fingerprint density at radius 2 is 1.94 bits per heavy atom. The Morgan fingerprint density at radius 1 is 1.18 bits per heavy atom. The van der Waals surface area contributed by atoms with Crippen molar-refractivity contribution in [3.8, 4) is 0 Å². The standard InChI is InChI=1S/C16H25N/c1-3-17-16-11-7-6-10-15(16)12-14-9-5-4-8-13(14)2/h4-5,8-9,15-17H,3,6-7,10-12H2,1-2H3. The van der Waals surface area contributed by atoms with Gasteiger partial charge in [-0.3, -0.25) is 0 Å². The SMILES string of the molecule is CCNC1CCCCC1Cc1ccccc1C. The van der Waals surface area contributed by atoms with Gasteiger partial charge in [0.05, 0.1) is 0 Å². The molecule has 0 radical (unpaired) electrons. The summed E-state index contributed by atoms with van der Waals surface area (Å²) >= 11 is 0. The Morgan fingerprint density at radius 3 is 2.71 bits per heavy atom. The van der Waals surface area contributed by atoms with Gasteiger partial charge < -0.3 is 5.32 Å². The molecule has 1 saturated carbocycles. The number of aryl methyl sites for hydroxylation is 1. The van der Waals surface area contributed by atoms with Crippen molar-refractivity contribution in [3.05, 3.63) is 35.4 Å². The summed E-state index contributed by atoms with van der Waals surface area (Å²) in [5, 5.41) is 3.67.